The van der Waals surface area contributed by atoms with Gasteiger partial charge < -0.3 is 14.5 Å². The molecule has 0 spiro atoms. The van der Waals surface area contributed by atoms with Gasteiger partial charge in [-0.15, -0.1) is 0 Å². The van der Waals surface area contributed by atoms with E-state index in [1.165, 1.54) is 6.26 Å². The van der Waals surface area contributed by atoms with Crippen LogP contribution in [0.1, 0.15) is 30.0 Å². The average Bonchev–Trinajstić information content (AvgIpc) is 2.99. The van der Waals surface area contributed by atoms with Crippen LogP contribution < -0.4 is 10.1 Å². The van der Waals surface area contributed by atoms with Gasteiger partial charge in [-0.2, -0.15) is 0 Å². The molecule has 1 aromatic carbocycles. The van der Waals surface area contributed by atoms with E-state index in [2.05, 4.69) is 19.2 Å². The molecule has 2 aromatic rings. The van der Waals surface area contributed by atoms with Crippen LogP contribution in [0.3, 0.4) is 0 Å². The van der Waals surface area contributed by atoms with Crippen LogP contribution in [0.25, 0.3) is 0 Å². The van der Waals surface area contributed by atoms with Gasteiger partial charge in [0.25, 0.3) is 5.91 Å². The highest BCUT2D eigenvalue weighted by Gasteiger charge is 2.22. The van der Waals surface area contributed by atoms with E-state index in [0.717, 1.165) is 11.3 Å². The van der Waals surface area contributed by atoms with Crippen LogP contribution in [0.4, 0.5) is 0 Å². The zero-order valence-electron chi connectivity index (χ0n) is 12.0. The molecule has 0 aliphatic rings. The number of nitrogens with one attached hydrogen (secondary N) is 1. The average molecular weight is 273 g/mol. The highest BCUT2D eigenvalue weighted by molar-refractivity contribution is 5.91. The lowest BCUT2D eigenvalue weighted by Gasteiger charge is -2.25. The first-order valence-electron chi connectivity index (χ1n) is 6.49. The standard InChI is InChI=1S/C16H19NO3/c1-16(2,12-6-8-13(19-3)9-7-12)11-17-15(18)14-5-4-10-20-14/h4-10H,11H2,1-3H3,(H,17,18). The first-order chi connectivity index (χ1) is 9.53. The zero-order chi connectivity index (χ0) is 14.6. The predicted octanol–water partition coefficient (Wildman–Crippen LogP) is 3.00. The second-order valence-corrected chi connectivity index (χ2v) is 5.27. The minimum atomic E-state index is -0.198. The summed E-state index contributed by atoms with van der Waals surface area (Å²) in [7, 11) is 1.64. The molecule has 1 N–H and O–H groups in total. The topological polar surface area (TPSA) is 51.5 Å². The molecule has 20 heavy (non-hydrogen) atoms. The Balaban J connectivity index is 2.01. The van der Waals surface area contributed by atoms with E-state index in [1.807, 2.05) is 24.3 Å². The van der Waals surface area contributed by atoms with Gasteiger partial charge in [-0.1, -0.05) is 26.0 Å². The molecular formula is C16H19NO3. The van der Waals surface area contributed by atoms with E-state index < -0.39 is 0 Å². The minimum absolute atomic E-state index is 0.172. The summed E-state index contributed by atoms with van der Waals surface area (Å²) in [5, 5.41) is 2.89. The van der Waals surface area contributed by atoms with Crippen molar-refractivity contribution in [1.29, 1.82) is 0 Å². The first-order valence-corrected chi connectivity index (χ1v) is 6.49. The molecule has 1 heterocycles. The number of hydrogen-bond acceptors (Lipinski definition) is 3. The molecule has 0 atom stereocenters. The number of hydrogen-bond donors (Lipinski definition) is 1. The zero-order valence-corrected chi connectivity index (χ0v) is 12.0. The van der Waals surface area contributed by atoms with Crippen LogP contribution in [0, 0.1) is 0 Å². The normalized spacial score (nSPS) is 11.2. The molecule has 4 nitrogen and oxygen atoms in total. The molecule has 0 bridgehead atoms. The number of amides is 1. The van der Waals surface area contributed by atoms with Crippen LogP contribution in [0.5, 0.6) is 5.75 Å². The maximum atomic E-state index is 11.9. The van der Waals surface area contributed by atoms with Gasteiger partial charge in [-0.3, -0.25) is 4.79 Å². The van der Waals surface area contributed by atoms with Crippen molar-refractivity contribution in [1.82, 2.24) is 5.32 Å². The third-order valence-electron chi connectivity index (χ3n) is 3.31. The van der Waals surface area contributed by atoms with E-state index in [9.17, 15) is 4.79 Å². The maximum absolute atomic E-state index is 11.9. The number of methoxy groups -OCH3 is 1. The number of ether oxygens (including phenoxy) is 1. The molecule has 0 saturated carbocycles. The van der Waals surface area contributed by atoms with E-state index in [-0.39, 0.29) is 11.3 Å². The Morgan fingerprint density at radius 2 is 1.95 bits per heavy atom. The Morgan fingerprint density at radius 1 is 1.25 bits per heavy atom. The lowest BCUT2D eigenvalue weighted by atomic mass is 9.84. The van der Waals surface area contributed by atoms with Gasteiger partial charge in [0, 0.05) is 12.0 Å². The monoisotopic (exact) mass is 273 g/mol. The summed E-state index contributed by atoms with van der Waals surface area (Å²) in [5.74, 6) is 0.955. The number of carbonyl (C=O) groups is 1. The van der Waals surface area contributed by atoms with E-state index in [1.54, 1.807) is 19.2 Å². The molecule has 0 unspecified atom stereocenters. The fourth-order valence-electron chi connectivity index (χ4n) is 1.94. The number of furan rings is 1. The van der Waals surface area contributed by atoms with Crippen molar-refractivity contribution < 1.29 is 13.9 Å². The Bertz CT molecular complexity index is 556. The van der Waals surface area contributed by atoms with Crippen LogP contribution in [-0.2, 0) is 5.41 Å². The van der Waals surface area contributed by atoms with E-state index in [4.69, 9.17) is 9.15 Å². The molecular weight excluding hydrogens is 254 g/mol. The summed E-state index contributed by atoms with van der Waals surface area (Å²) in [6.07, 6.45) is 1.49. The quantitative estimate of drug-likeness (QED) is 0.911. The first kappa shape index (κ1) is 14.2. The van der Waals surface area contributed by atoms with Crippen molar-refractivity contribution in [2.75, 3.05) is 13.7 Å². The van der Waals surface area contributed by atoms with Gasteiger partial charge >= 0.3 is 0 Å². The summed E-state index contributed by atoms with van der Waals surface area (Å²) in [4.78, 5) is 11.9. The van der Waals surface area contributed by atoms with Crippen molar-refractivity contribution in [3.8, 4) is 5.75 Å². The largest absolute Gasteiger partial charge is 0.497 e. The Morgan fingerprint density at radius 3 is 2.50 bits per heavy atom. The van der Waals surface area contributed by atoms with E-state index in [0.29, 0.717) is 12.3 Å². The van der Waals surface area contributed by atoms with Crippen molar-refractivity contribution in [3.63, 3.8) is 0 Å². The van der Waals surface area contributed by atoms with Crippen LogP contribution in [-0.4, -0.2) is 19.6 Å². The summed E-state index contributed by atoms with van der Waals surface area (Å²) in [6, 6.07) is 11.2. The summed E-state index contributed by atoms with van der Waals surface area (Å²) < 4.78 is 10.2. The Kier molecular flexibility index (Phi) is 4.13. The highest BCUT2D eigenvalue weighted by atomic mass is 16.5. The van der Waals surface area contributed by atoms with Crippen molar-refractivity contribution in [3.05, 3.63) is 54.0 Å². The molecule has 2 rings (SSSR count). The molecule has 0 radical (unpaired) electrons. The van der Waals surface area contributed by atoms with Crippen molar-refractivity contribution >= 4 is 5.91 Å². The molecule has 0 saturated heterocycles. The second-order valence-electron chi connectivity index (χ2n) is 5.27. The number of benzene rings is 1. The van der Waals surface area contributed by atoms with Gasteiger partial charge in [0.2, 0.25) is 0 Å². The third kappa shape index (κ3) is 3.20. The lowest BCUT2D eigenvalue weighted by Crippen LogP contribution is -2.36. The Hall–Kier alpha value is -2.23. The van der Waals surface area contributed by atoms with Crippen molar-refractivity contribution in [2.24, 2.45) is 0 Å². The van der Waals surface area contributed by atoms with Gasteiger partial charge in [0.15, 0.2) is 5.76 Å². The summed E-state index contributed by atoms with van der Waals surface area (Å²) in [6.45, 7) is 4.69. The molecule has 0 fully saturated rings. The second kappa shape index (κ2) is 5.82. The fourth-order valence-corrected chi connectivity index (χ4v) is 1.94. The maximum Gasteiger partial charge on any atom is 0.287 e. The smallest absolute Gasteiger partial charge is 0.287 e. The molecule has 4 heteroatoms. The molecule has 1 amide bonds. The molecule has 1 aromatic heterocycles. The summed E-state index contributed by atoms with van der Waals surface area (Å²) in [5.41, 5.74) is 0.965. The van der Waals surface area contributed by atoms with E-state index >= 15 is 0 Å². The number of carbonyl (C=O) groups excluding carboxylic acids is 1. The van der Waals surface area contributed by atoms with Gasteiger partial charge in [-0.05, 0) is 29.8 Å². The Labute approximate surface area is 118 Å². The molecule has 0 aliphatic carbocycles. The van der Waals surface area contributed by atoms with Gasteiger partial charge in [0.1, 0.15) is 5.75 Å². The molecule has 106 valence electrons. The van der Waals surface area contributed by atoms with Crippen molar-refractivity contribution in [2.45, 2.75) is 19.3 Å². The molecule has 0 aliphatic heterocycles. The lowest BCUT2D eigenvalue weighted by molar-refractivity contribution is 0.0918. The number of rotatable bonds is 5. The van der Waals surface area contributed by atoms with Gasteiger partial charge in [0.05, 0.1) is 13.4 Å². The van der Waals surface area contributed by atoms with Crippen LogP contribution in [0.2, 0.25) is 0 Å². The minimum Gasteiger partial charge on any atom is -0.497 e. The van der Waals surface area contributed by atoms with Gasteiger partial charge in [-0.25, -0.2) is 0 Å². The van der Waals surface area contributed by atoms with Crippen LogP contribution >= 0.6 is 0 Å². The third-order valence-corrected chi connectivity index (χ3v) is 3.31. The SMILES string of the molecule is COc1ccc(C(C)(C)CNC(=O)c2ccco2)cc1. The highest BCUT2D eigenvalue weighted by Crippen LogP contribution is 2.24. The predicted molar refractivity (Wildman–Crippen MR) is 77.1 cm³/mol. The summed E-state index contributed by atoms with van der Waals surface area (Å²) >= 11 is 0. The van der Waals surface area contributed by atoms with Crippen LogP contribution in [0.15, 0.2) is 47.1 Å². The fraction of sp³-hybridized carbons (Fsp3) is 0.312.